The first kappa shape index (κ1) is 31.1. The number of carboxylic acid groups (broad SMARTS) is 1. The number of ether oxygens (including phenoxy) is 3. The zero-order chi connectivity index (χ0) is 29.0. The van der Waals surface area contributed by atoms with Crippen LogP contribution in [0.3, 0.4) is 0 Å². The summed E-state index contributed by atoms with van der Waals surface area (Å²) in [4.78, 5) is 32.8. The second-order valence-corrected chi connectivity index (χ2v) is 10.7. The van der Waals surface area contributed by atoms with E-state index in [0.717, 1.165) is 35.5 Å². The third-order valence-corrected chi connectivity index (χ3v) is 6.86. The molecule has 2 aromatic carbocycles. The van der Waals surface area contributed by atoms with E-state index in [-0.39, 0.29) is 13.0 Å². The van der Waals surface area contributed by atoms with Gasteiger partial charge in [0.1, 0.15) is 36.6 Å². The van der Waals surface area contributed by atoms with Crippen LogP contribution in [0.2, 0.25) is 0 Å². The number of carbonyl (C=O) groups excluding carboxylic acids is 1. The minimum absolute atomic E-state index is 0.0580. The average molecular weight is 575 g/mol. The number of aliphatic carboxylic acids is 1. The molecule has 0 saturated carbocycles. The van der Waals surface area contributed by atoms with Crippen LogP contribution >= 0.6 is 7.82 Å². The number of esters is 1. The van der Waals surface area contributed by atoms with Gasteiger partial charge in [0.05, 0.1) is 12.5 Å². The highest BCUT2D eigenvalue weighted by Crippen LogP contribution is 2.45. The molecule has 0 aliphatic heterocycles. The molecule has 0 fully saturated rings. The molecule has 0 spiro atoms. The molecule has 0 heterocycles. The van der Waals surface area contributed by atoms with E-state index >= 15 is 0 Å². The highest BCUT2D eigenvalue weighted by atomic mass is 31.2. The number of phosphoric ester groups is 1. The molecule has 11 heteroatoms. The van der Waals surface area contributed by atoms with E-state index in [1.807, 2.05) is 54.6 Å². The third-order valence-electron chi connectivity index (χ3n) is 5.76. The number of carbonyl (C=O) groups is 2. The fourth-order valence-electron chi connectivity index (χ4n) is 3.60. The first-order valence-corrected chi connectivity index (χ1v) is 14.5. The highest BCUT2D eigenvalue weighted by Gasteiger charge is 2.27. The van der Waals surface area contributed by atoms with Crippen molar-refractivity contribution in [3.63, 3.8) is 0 Å². The molecule has 1 aliphatic carbocycles. The summed E-state index contributed by atoms with van der Waals surface area (Å²) >= 11 is 0. The second kappa shape index (κ2) is 15.4. The van der Waals surface area contributed by atoms with Crippen molar-refractivity contribution in [3.8, 4) is 11.5 Å². The molecule has 40 heavy (non-hydrogen) atoms. The molecule has 1 aliphatic rings. The molecule has 2 N–H and O–H groups in total. The second-order valence-electron chi connectivity index (χ2n) is 9.33. The number of carboxylic acids is 1. The highest BCUT2D eigenvalue weighted by molar-refractivity contribution is 7.47. The van der Waals surface area contributed by atoms with Crippen molar-refractivity contribution in [2.24, 2.45) is 5.92 Å². The molecule has 3 rings (SSSR count). The Balaban J connectivity index is 1.44. The number of para-hydroxylation sites is 1. The summed E-state index contributed by atoms with van der Waals surface area (Å²) in [6.07, 6.45) is 7.56. The van der Waals surface area contributed by atoms with Crippen LogP contribution in [0, 0.1) is 5.92 Å². The van der Waals surface area contributed by atoms with Crippen molar-refractivity contribution in [1.29, 1.82) is 0 Å². The van der Waals surface area contributed by atoms with Gasteiger partial charge in [-0.15, -0.1) is 0 Å². The SMILES string of the molecule is C[C@H](COC(=O)CCc1ccccc1OCc1cccc(OC2=CCCC=C2)c1)OP(=O)(O)OC[C@H](C)C(=O)O. The average Bonchev–Trinajstić information content (AvgIpc) is 2.93. The molecular formula is C29H35O10P. The number of aryl methyl sites for hydroxylation is 1. The fraction of sp³-hybridized carbons (Fsp3) is 0.379. The predicted octanol–water partition coefficient (Wildman–Crippen LogP) is 5.60. The molecule has 10 nitrogen and oxygen atoms in total. The van der Waals surface area contributed by atoms with E-state index < -0.39 is 38.4 Å². The monoisotopic (exact) mass is 574 g/mol. The van der Waals surface area contributed by atoms with Crippen LogP contribution in [0.1, 0.15) is 44.2 Å². The summed E-state index contributed by atoms with van der Waals surface area (Å²) in [5.41, 5.74) is 1.76. The van der Waals surface area contributed by atoms with Gasteiger partial charge in [-0.25, -0.2) is 4.57 Å². The van der Waals surface area contributed by atoms with Gasteiger partial charge >= 0.3 is 19.8 Å². The Hall–Kier alpha value is -3.43. The number of phosphoric acid groups is 1. The largest absolute Gasteiger partial charge is 0.489 e. The molecule has 216 valence electrons. The summed E-state index contributed by atoms with van der Waals surface area (Å²) in [5, 5.41) is 8.83. The Morgan fingerprint density at radius 2 is 1.85 bits per heavy atom. The summed E-state index contributed by atoms with van der Waals surface area (Å²) in [6.45, 7) is 2.32. The van der Waals surface area contributed by atoms with Crippen molar-refractivity contribution >= 4 is 19.8 Å². The lowest BCUT2D eigenvalue weighted by atomic mass is 10.1. The molecular weight excluding hydrogens is 539 g/mol. The topological polar surface area (TPSA) is 138 Å². The normalized spacial score (nSPS) is 15.8. The number of hydrogen-bond acceptors (Lipinski definition) is 8. The van der Waals surface area contributed by atoms with Gasteiger partial charge in [0.15, 0.2) is 0 Å². The molecule has 2 aromatic rings. The fourth-order valence-corrected chi connectivity index (χ4v) is 4.59. The summed E-state index contributed by atoms with van der Waals surface area (Å²) in [5.74, 6) is -0.471. The zero-order valence-electron chi connectivity index (χ0n) is 22.6. The Kier molecular flexibility index (Phi) is 12.0. The van der Waals surface area contributed by atoms with Gasteiger partial charge in [-0.1, -0.05) is 36.4 Å². The van der Waals surface area contributed by atoms with Gasteiger partial charge in [-0.05, 0) is 74.6 Å². The molecule has 0 saturated heterocycles. The van der Waals surface area contributed by atoms with Crippen molar-refractivity contribution in [2.75, 3.05) is 13.2 Å². The van der Waals surface area contributed by atoms with Gasteiger partial charge in [-0.2, -0.15) is 0 Å². The van der Waals surface area contributed by atoms with Gasteiger partial charge < -0.3 is 24.2 Å². The Labute approximate surface area is 233 Å². The maximum atomic E-state index is 12.3. The number of rotatable bonds is 16. The standard InChI is InChI=1S/C29H35O10P/c1-21(29(31)32)18-37-40(33,34)39-22(2)19-36-28(30)16-15-24-10-6-7-14-27(24)35-20-23-9-8-13-26(17-23)38-25-11-4-3-5-12-25/h4,6-14,17,21-22H,3,5,15-16,18-20H2,1-2H3,(H,31,32)(H,33,34)/t21-,22+/m0/s1. The van der Waals surface area contributed by atoms with Crippen LogP contribution in [-0.4, -0.2) is 41.3 Å². The maximum Gasteiger partial charge on any atom is 0.472 e. The van der Waals surface area contributed by atoms with Crippen LogP contribution in [0.25, 0.3) is 0 Å². The van der Waals surface area contributed by atoms with Gasteiger partial charge in [0.25, 0.3) is 0 Å². The Bertz CT molecular complexity index is 1250. The van der Waals surface area contributed by atoms with Crippen LogP contribution in [-0.2, 0) is 41.0 Å². The summed E-state index contributed by atoms with van der Waals surface area (Å²) in [7, 11) is -4.50. The molecule has 0 radical (unpaired) electrons. The first-order chi connectivity index (χ1) is 19.1. The van der Waals surface area contributed by atoms with Crippen LogP contribution in [0.15, 0.2) is 72.5 Å². The molecule has 0 amide bonds. The minimum Gasteiger partial charge on any atom is -0.489 e. The lowest BCUT2D eigenvalue weighted by molar-refractivity contribution is -0.146. The Morgan fingerprint density at radius 3 is 2.60 bits per heavy atom. The van der Waals surface area contributed by atoms with Crippen LogP contribution < -0.4 is 9.47 Å². The zero-order valence-corrected chi connectivity index (χ0v) is 23.5. The Morgan fingerprint density at radius 1 is 1.05 bits per heavy atom. The molecule has 0 bridgehead atoms. The van der Waals surface area contributed by atoms with Crippen molar-refractivity contribution in [3.05, 3.63) is 83.6 Å². The van der Waals surface area contributed by atoms with E-state index in [0.29, 0.717) is 18.8 Å². The van der Waals surface area contributed by atoms with Gasteiger partial charge in [-0.3, -0.25) is 18.6 Å². The van der Waals surface area contributed by atoms with Crippen LogP contribution in [0.4, 0.5) is 0 Å². The number of hydrogen-bond donors (Lipinski definition) is 2. The summed E-state index contributed by atoms with van der Waals surface area (Å²) in [6, 6.07) is 15.1. The lowest BCUT2D eigenvalue weighted by Crippen LogP contribution is -2.20. The lowest BCUT2D eigenvalue weighted by Gasteiger charge is -2.18. The van der Waals surface area contributed by atoms with E-state index in [1.165, 1.54) is 13.8 Å². The molecule has 0 aromatic heterocycles. The van der Waals surface area contributed by atoms with Crippen LogP contribution in [0.5, 0.6) is 11.5 Å². The number of benzene rings is 2. The predicted molar refractivity (Wildman–Crippen MR) is 147 cm³/mol. The molecule has 1 unspecified atom stereocenters. The van der Waals surface area contributed by atoms with E-state index in [4.69, 9.17) is 23.8 Å². The summed E-state index contributed by atoms with van der Waals surface area (Å²) < 4.78 is 38.7. The van der Waals surface area contributed by atoms with Gasteiger partial charge in [0.2, 0.25) is 0 Å². The maximum absolute atomic E-state index is 12.3. The smallest absolute Gasteiger partial charge is 0.472 e. The van der Waals surface area contributed by atoms with E-state index in [2.05, 4.69) is 16.7 Å². The van der Waals surface area contributed by atoms with Crippen molar-refractivity contribution in [2.45, 2.75) is 52.2 Å². The van der Waals surface area contributed by atoms with E-state index in [9.17, 15) is 19.0 Å². The number of allylic oxidation sites excluding steroid dienone is 3. The first-order valence-electron chi connectivity index (χ1n) is 13.0. The quantitative estimate of drug-likeness (QED) is 0.193. The van der Waals surface area contributed by atoms with Gasteiger partial charge in [0, 0.05) is 6.42 Å². The third kappa shape index (κ3) is 11.0. The van der Waals surface area contributed by atoms with Crippen molar-refractivity contribution in [1.82, 2.24) is 0 Å². The van der Waals surface area contributed by atoms with E-state index in [1.54, 1.807) is 0 Å². The van der Waals surface area contributed by atoms with Crippen molar-refractivity contribution < 1.29 is 47.4 Å². The molecule has 3 atom stereocenters. The minimum atomic E-state index is -4.50.